The van der Waals surface area contributed by atoms with Gasteiger partial charge in [0, 0.05) is 19.5 Å². The lowest BCUT2D eigenvalue weighted by atomic mass is 9.96. The number of hydrogen-bond donors (Lipinski definition) is 1. The number of aromatic nitrogens is 3. The summed E-state index contributed by atoms with van der Waals surface area (Å²) in [4.78, 5) is 54.4. The highest BCUT2D eigenvalue weighted by molar-refractivity contribution is 7.22. The van der Waals surface area contributed by atoms with Crippen LogP contribution in [0.3, 0.4) is 0 Å². The number of ether oxygens (including phenoxy) is 2. The number of likely N-dealkylation sites (tertiary alicyclic amines) is 1. The van der Waals surface area contributed by atoms with Crippen molar-refractivity contribution in [1.29, 1.82) is 0 Å². The van der Waals surface area contributed by atoms with Crippen LogP contribution in [-0.4, -0.2) is 55.4 Å². The zero-order valence-corrected chi connectivity index (χ0v) is 26.5. The lowest BCUT2D eigenvalue weighted by Gasteiger charge is -2.38. The molecule has 11 nitrogen and oxygen atoms in total. The number of hydrogen-bond acceptors (Lipinski definition) is 9. The molecule has 0 spiro atoms. The first-order valence-corrected chi connectivity index (χ1v) is 15.1. The normalized spacial score (nSPS) is 16.7. The van der Waals surface area contributed by atoms with Crippen molar-refractivity contribution < 1.29 is 37.0 Å². The Morgan fingerprint density at radius 1 is 1.07 bits per heavy atom. The molecular weight excluding hydrogens is 625 g/mol. The number of thiazole rings is 1. The molecule has 3 heterocycles. The number of carbonyl (C=O) groups is 3. The van der Waals surface area contributed by atoms with Gasteiger partial charge in [0.05, 0.1) is 16.0 Å². The fourth-order valence-corrected chi connectivity index (χ4v) is 5.97. The fraction of sp³-hybridized carbons (Fsp3) is 0.355. The van der Waals surface area contributed by atoms with Crippen LogP contribution in [0.25, 0.3) is 10.2 Å². The van der Waals surface area contributed by atoms with Crippen LogP contribution in [0.2, 0.25) is 0 Å². The van der Waals surface area contributed by atoms with Gasteiger partial charge in [-0.05, 0) is 70.9 Å². The number of nitrogens with zero attached hydrogens (tertiary/aromatic N) is 5. The zero-order chi connectivity index (χ0) is 33.4. The number of anilines is 3. The number of nitrogens with one attached hydrogen (secondary N) is 1. The number of halogens is 3. The standard InChI is InChI=1S/C31H31F3N6O5S/c1-18(41)37-27-38-25-21(11-7-12-22(25)46-27)44-24-16-23(35-17-36-24)40(20-10-6-9-19(15-20)31(32,33)34)26(42)30(5)13-8-14-39(30)28(43)45-29(2,3)4/h6-7,9-12,15-17H,8,13-14H2,1-5H3,(H,37,38,41). The van der Waals surface area contributed by atoms with Crippen molar-refractivity contribution in [2.24, 2.45) is 0 Å². The molecule has 0 bridgehead atoms. The molecule has 1 aliphatic rings. The summed E-state index contributed by atoms with van der Waals surface area (Å²) in [5.41, 5.74) is -2.97. The van der Waals surface area contributed by atoms with E-state index in [1.165, 1.54) is 41.4 Å². The topological polar surface area (TPSA) is 127 Å². The molecule has 0 aliphatic carbocycles. The summed E-state index contributed by atoms with van der Waals surface area (Å²) in [5, 5.41) is 3.00. The van der Waals surface area contributed by atoms with E-state index in [0.717, 1.165) is 23.4 Å². The molecule has 1 saturated heterocycles. The van der Waals surface area contributed by atoms with Crippen molar-refractivity contribution in [1.82, 2.24) is 19.9 Å². The first kappa shape index (κ1) is 32.6. The van der Waals surface area contributed by atoms with Gasteiger partial charge in [-0.15, -0.1) is 0 Å². The summed E-state index contributed by atoms with van der Waals surface area (Å²) >= 11 is 1.24. The van der Waals surface area contributed by atoms with Crippen molar-refractivity contribution >= 4 is 56.1 Å². The Bertz CT molecular complexity index is 1810. The van der Waals surface area contributed by atoms with Gasteiger partial charge in [0.1, 0.15) is 28.8 Å². The minimum atomic E-state index is -4.69. The lowest BCUT2D eigenvalue weighted by molar-refractivity contribution is -0.137. The number of amides is 3. The maximum Gasteiger partial charge on any atom is 0.416 e. The smallest absolute Gasteiger partial charge is 0.416 e. The van der Waals surface area contributed by atoms with E-state index in [1.54, 1.807) is 45.9 Å². The van der Waals surface area contributed by atoms with Crippen LogP contribution in [0.4, 0.5) is 34.6 Å². The summed E-state index contributed by atoms with van der Waals surface area (Å²) in [6, 6.07) is 10.7. The van der Waals surface area contributed by atoms with Crippen molar-refractivity contribution in [2.75, 3.05) is 16.8 Å². The molecule has 242 valence electrons. The number of fused-ring (bicyclic) bond motifs is 1. The van der Waals surface area contributed by atoms with Crippen LogP contribution in [0.1, 0.15) is 53.0 Å². The van der Waals surface area contributed by atoms with E-state index in [0.29, 0.717) is 21.8 Å². The minimum Gasteiger partial charge on any atom is -0.444 e. The van der Waals surface area contributed by atoms with Crippen molar-refractivity contribution in [2.45, 2.75) is 64.8 Å². The molecule has 1 aliphatic heterocycles. The summed E-state index contributed by atoms with van der Waals surface area (Å²) in [6.07, 6.45) is -3.59. The third-order valence-electron chi connectivity index (χ3n) is 7.09. The second-order valence-corrected chi connectivity index (χ2v) is 12.8. The Morgan fingerprint density at radius 3 is 2.50 bits per heavy atom. The van der Waals surface area contributed by atoms with Crippen LogP contribution in [0, 0.1) is 0 Å². The van der Waals surface area contributed by atoms with Gasteiger partial charge >= 0.3 is 12.3 Å². The molecule has 15 heteroatoms. The Labute approximate surface area is 266 Å². The molecule has 3 amide bonds. The van der Waals surface area contributed by atoms with Crippen LogP contribution >= 0.6 is 11.3 Å². The molecule has 1 N–H and O–H groups in total. The third-order valence-corrected chi connectivity index (χ3v) is 8.02. The predicted molar refractivity (Wildman–Crippen MR) is 165 cm³/mol. The van der Waals surface area contributed by atoms with Gasteiger partial charge in [-0.1, -0.05) is 23.5 Å². The number of alkyl halides is 3. The highest BCUT2D eigenvalue weighted by atomic mass is 32.1. The molecule has 4 aromatic rings. The maximum atomic E-state index is 14.5. The average molecular weight is 657 g/mol. The number of benzene rings is 2. The second-order valence-electron chi connectivity index (χ2n) is 11.8. The molecule has 1 atom stereocenters. The summed E-state index contributed by atoms with van der Waals surface area (Å²) in [5.74, 6) is -0.817. The van der Waals surface area contributed by atoms with E-state index in [2.05, 4.69) is 20.3 Å². The van der Waals surface area contributed by atoms with Crippen LogP contribution in [0.15, 0.2) is 54.9 Å². The van der Waals surface area contributed by atoms with Crippen LogP contribution < -0.4 is 15.0 Å². The number of para-hydroxylation sites is 1. The van der Waals surface area contributed by atoms with Gasteiger partial charge in [-0.2, -0.15) is 13.2 Å². The molecule has 2 aromatic heterocycles. The number of rotatable bonds is 6. The molecule has 1 fully saturated rings. The van der Waals surface area contributed by atoms with Gasteiger partial charge in [0.2, 0.25) is 11.8 Å². The maximum absolute atomic E-state index is 14.5. The van der Waals surface area contributed by atoms with E-state index in [1.807, 2.05) is 0 Å². The van der Waals surface area contributed by atoms with E-state index in [9.17, 15) is 27.6 Å². The molecular formula is C31H31F3N6O5S. The van der Waals surface area contributed by atoms with Crippen LogP contribution in [-0.2, 0) is 20.5 Å². The molecule has 0 radical (unpaired) electrons. The monoisotopic (exact) mass is 656 g/mol. The Kier molecular flexibility index (Phi) is 8.64. The summed E-state index contributed by atoms with van der Waals surface area (Å²) < 4.78 is 53.7. The fourth-order valence-electron chi connectivity index (χ4n) is 5.04. The van der Waals surface area contributed by atoms with E-state index in [4.69, 9.17) is 9.47 Å². The zero-order valence-electron chi connectivity index (χ0n) is 25.6. The van der Waals surface area contributed by atoms with Crippen molar-refractivity contribution in [3.8, 4) is 11.6 Å². The average Bonchev–Trinajstić information content (AvgIpc) is 3.56. The first-order chi connectivity index (χ1) is 21.5. The SMILES string of the molecule is CC(=O)Nc1nc2c(Oc3cc(N(C(=O)C4(C)CCCN4C(=O)OC(C)(C)C)c4cccc(C(F)(F)F)c4)ncn3)cccc2s1. The largest absolute Gasteiger partial charge is 0.444 e. The third kappa shape index (κ3) is 6.88. The van der Waals surface area contributed by atoms with Gasteiger partial charge in [0.25, 0.3) is 5.91 Å². The van der Waals surface area contributed by atoms with Crippen LogP contribution in [0.5, 0.6) is 11.6 Å². The molecule has 0 saturated carbocycles. The second kappa shape index (κ2) is 12.2. The summed E-state index contributed by atoms with van der Waals surface area (Å²) in [7, 11) is 0. The summed E-state index contributed by atoms with van der Waals surface area (Å²) in [6.45, 7) is 8.23. The lowest BCUT2D eigenvalue weighted by Crippen LogP contribution is -2.56. The Morgan fingerprint density at radius 2 is 1.80 bits per heavy atom. The van der Waals surface area contributed by atoms with Crippen molar-refractivity contribution in [3.05, 3.63) is 60.4 Å². The Balaban J connectivity index is 1.56. The predicted octanol–water partition coefficient (Wildman–Crippen LogP) is 7.31. The molecule has 2 aromatic carbocycles. The Hall–Kier alpha value is -4.79. The highest BCUT2D eigenvalue weighted by Gasteiger charge is 2.50. The van der Waals surface area contributed by atoms with E-state index >= 15 is 0 Å². The van der Waals surface area contributed by atoms with Gasteiger partial charge in [0.15, 0.2) is 10.9 Å². The van der Waals surface area contributed by atoms with E-state index < -0.39 is 34.9 Å². The first-order valence-electron chi connectivity index (χ1n) is 14.2. The van der Waals surface area contributed by atoms with Gasteiger partial charge < -0.3 is 14.8 Å². The minimum absolute atomic E-state index is 0.0306. The quantitative estimate of drug-likeness (QED) is 0.229. The highest BCUT2D eigenvalue weighted by Crippen LogP contribution is 2.40. The van der Waals surface area contributed by atoms with E-state index in [-0.39, 0.29) is 42.0 Å². The number of carbonyl (C=O) groups excluding carboxylic acids is 3. The van der Waals surface area contributed by atoms with Gasteiger partial charge in [-0.3, -0.25) is 19.4 Å². The molecule has 46 heavy (non-hydrogen) atoms. The molecule has 5 rings (SSSR count). The van der Waals surface area contributed by atoms with Gasteiger partial charge in [-0.25, -0.2) is 19.7 Å². The molecule has 1 unspecified atom stereocenters. The van der Waals surface area contributed by atoms with Crippen molar-refractivity contribution in [3.63, 3.8) is 0 Å².